The zero-order valence-electron chi connectivity index (χ0n) is 29.2. The zero-order valence-corrected chi connectivity index (χ0v) is 29.2. The van der Waals surface area contributed by atoms with Crippen LogP contribution >= 0.6 is 0 Å². The third kappa shape index (κ3) is 5.65. The van der Waals surface area contributed by atoms with Gasteiger partial charge >= 0.3 is 0 Å². The molecule has 2 aliphatic rings. The van der Waals surface area contributed by atoms with E-state index in [1.165, 1.54) is 88.4 Å². The van der Waals surface area contributed by atoms with Gasteiger partial charge in [0.05, 0.1) is 0 Å². The molecular weight excluding hydrogens is 565 g/mol. The fraction of sp³-hybridized carbons (Fsp3) is 0.234. The van der Waals surface area contributed by atoms with Crippen LogP contribution in [0.4, 0.5) is 0 Å². The largest absolute Gasteiger partial charge is 0.0795 e. The molecule has 47 heavy (non-hydrogen) atoms. The first kappa shape index (κ1) is 30.9. The van der Waals surface area contributed by atoms with Gasteiger partial charge in [0, 0.05) is 0 Å². The summed E-state index contributed by atoms with van der Waals surface area (Å²) in [6, 6.07) is 38.4. The third-order valence-electron chi connectivity index (χ3n) is 9.67. The van der Waals surface area contributed by atoms with E-state index in [2.05, 4.69) is 177 Å². The molecule has 0 N–H and O–H groups in total. The topological polar surface area (TPSA) is 0 Å². The van der Waals surface area contributed by atoms with Crippen molar-refractivity contribution < 1.29 is 0 Å². The molecule has 7 rings (SSSR count). The van der Waals surface area contributed by atoms with Gasteiger partial charge in [0.1, 0.15) is 0 Å². The second-order valence-electron chi connectivity index (χ2n) is 15.5. The molecule has 0 nitrogen and oxygen atoms in total. The van der Waals surface area contributed by atoms with E-state index >= 15 is 0 Å². The Kier molecular flexibility index (Phi) is 7.59. The molecule has 0 saturated carbocycles. The highest BCUT2D eigenvalue weighted by Gasteiger charge is 2.30. The summed E-state index contributed by atoms with van der Waals surface area (Å²) in [5.41, 5.74) is 18.1. The molecule has 0 amide bonds. The van der Waals surface area contributed by atoms with Gasteiger partial charge in [-0.1, -0.05) is 156 Å². The summed E-state index contributed by atoms with van der Waals surface area (Å²) in [6.07, 6.45) is 9.63. The van der Waals surface area contributed by atoms with E-state index in [1.54, 1.807) is 0 Å². The number of aryl methyl sites for hydroxylation is 2. The first-order chi connectivity index (χ1) is 22.4. The molecule has 0 heteroatoms. The van der Waals surface area contributed by atoms with Crippen molar-refractivity contribution in [2.24, 2.45) is 0 Å². The van der Waals surface area contributed by atoms with Crippen LogP contribution in [0.15, 0.2) is 115 Å². The minimum absolute atomic E-state index is 0.0612. The average Bonchev–Trinajstić information content (AvgIpc) is 3.65. The maximum atomic E-state index is 4.02. The van der Waals surface area contributed by atoms with Crippen LogP contribution in [0.5, 0.6) is 0 Å². The molecule has 0 heterocycles. The molecule has 0 spiro atoms. The molecule has 233 valence electrons. The van der Waals surface area contributed by atoms with E-state index in [0.717, 1.165) is 6.42 Å². The van der Waals surface area contributed by atoms with E-state index in [4.69, 9.17) is 0 Å². The highest BCUT2D eigenvalue weighted by molar-refractivity contribution is 6.02. The van der Waals surface area contributed by atoms with Crippen molar-refractivity contribution in [1.29, 1.82) is 0 Å². The molecule has 0 atom stereocenters. The first-order valence-corrected chi connectivity index (χ1v) is 17.0. The maximum Gasteiger partial charge on any atom is -0.000731 e. The van der Waals surface area contributed by atoms with Gasteiger partial charge in [-0.25, -0.2) is 0 Å². The molecular formula is C47H45. The van der Waals surface area contributed by atoms with Crippen molar-refractivity contribution in [2.45, 2.75) is 72.6 Å². The van der Waals surface area contributed by atoms with Crippen LogP contribution in [0.3, 0.4) is 0 Å². The van der Waals surface area contributed by atoms with Crippen molar-refractivity contribution in [3.8, 4) is 11.1 Å². The predicted molar refractivity (Wildman–Crippen MR) is 202 cm³/mol. The Hall–Kier alpha value is -4.68. The lowest BCUT2D eigenvalue weighted by Crippen LogP contribution is -2.32. The van der Waals surface area contributed by atoms with Crippen molar-refractivity contribution in [3.05, 3.63) is 176 Å². The summed E-state index contributed by atoms with van der Waals surface area (Å²) in [4.78, 5) is 0. The Morgan fingerprint density at radius 2 is 1.26 bits per heavy atom. The third-order valence-corrected chi connectivity index (χ3v) is 9.67. The van der Waals surface area contributed by atoms with Crippen LogP contribution in [0, 0.1) is 13.8 Å². The number of rotatable bonds is 4. The molecule has 0 unspecified atom stereocenters. The van der Waals surface area contributed by atoms with E-state index < -0.39 is 0 Å². The van der Waals surface area contributed by atoms with Gasteiger partial charge in [0.15, 0.2) is 0 Å². The monoisotopic (exact) mass is 609 g/mol. The molecule has 0 aliphatic heterocycles. The standard InChI is InChI=1S/C47H45/c1-30-24-31(2)26-34(25-30)37-20-15-21-39(37)44-41-28-35-27-36(46(3,4)5)22-23-38(35)40(41)29-42(45(44)47(6,7)8)43(32-16-11-9-12-17-32)33-18-13-10-14-19-33/h9-20,22-27,29H,21H2,1-8H3. The number of benzene rings is 5. The molecule has 5 aromatic rings. The number of hydrogen-bond donors (Lipinski definition) is 0. The van der Waals surface area contributed by atoms with Gasteiger partial charge in [-0.05, 0) is 127 Å². The Morgan fingerprint density at radius 3 is 1.83 bits per heavy atom. The lowest BCUT2D eigenvalue weighted by molar-refractivity contribution is 0.583. The van der Waals surface area contributed by atoms with Gasteiger partial charge in [-0.2, -0.15) is 0 Å². The Labute approximate surface area is 281 Å². The van der Waals surface area contributed by atoms with Crippen LogP contribution in [-0.4, -0.2) is 0 Å². The normalized spacial score (nSPS) is 13.9. The maximum absolute atomic E-state index is 4.02. The van der Waals surface area contributed by atoms with Crippen molar-refractivity contribution in [2.75, 3.05) is 0 Å². The van der Waals surface area contributed by atoms with E-state index in [-0.39, 0.29) is 10.8 Å². The SMILES string of the molecule is Cc1cc(C)cc(C2=C(c3c(C(C)(C)C)c(=C(c4ccccc4)c4ccccc4)cc4c3=[C]c3cc(C(C)(C)C)ccc3-4)CC=C2)c1. The summed E-state index contributed by atoms with van der Waals surface area (Å²) in [6.45, 7) is 18.5. The van der Waals surface area contributed by atoms with Crippen LogP contribution in [0.25, 0.3) is 33.9 Å². The lowest BCUT2D eigenvalue weighted by Gasteiger charge is -2.28. The Bertz CT molecular complexity index is 2150. The summed E-state index contributed by atoms with van der Waals surface area (Å²) < 4.78 is 0. The van der Waals surface area contributed by atoms with Gasteiger partial charge in [-0.15, -0.1) is 0 Å². The van der Waals surface area contributed by atoms with Gasteiger partial charge < -0.3 is 0 Å². The second-order valence-corrected chi connectivity index (χ2v) is 15.5. The average molecular weight is 610 g/mol. The molecule has 0 saturated heterocycles. The fourth-order valence-electron chi connectivity index (χ4n) is 7.62. The summed E-state index contributed by atoms with van der Waals surface area (Å²) >= 11 is 0. The van der Waals surface area contributed by atoms with Crippen LogP contribution < -0.4 is 10.4 Å². The van der Waals surface area contributed by atoms with Crippen LogP contribution in [0.2, 0.25) is 0 Å². The minimum Gasteiger partial charge on any atom is -0.0795 e. The molecule has 5 aromatic carbocycles. The highest BCUT2D eigenvalue weighted by atomic mass is 14.3. The Morgan fingerprint density at radius 1 is 0.638 bits per heavy atom. The fourth-order valence-corrected chi connectivity index (χ4v) is 7.62. The molecule has 0 bridgehead atoms. The van der Waals surface area contributed by atoms with E-state index in [1.807, 2.05) is 0 Å². The zero-order chi connectivity index (χ0) is 33.1. The van der Waals surface area contributed by atoms with Crippen LogP contribution in [-0.2, 0) is 10.8 Å². The second kappa shape index (κ2) is 11.5. The lowest BCUT2D eigenvalue weighted by atomic mass is 9.75. The van der Waals surface area contributed by atoms with Crippen LogP contribution in [0.1, 0.15) is 98.0 Å². The Balaban J connectivity index is 1.70. The molecule has 1 radical (unpaired) electrons. The van der Waals surface area contributed by atoms with Gasteiger partial charge in [-0.3, -0.25) is 0 Å². The predicted octanol–water partition coefficient (Wildman–Crippen LogP) is 10.7. The molecule has 2 aliphatic carbocycles. The smallest absolute Gasteiger partial charge is 0.000731 e. The van der Waals surface area contributed by atoms with E-state index in [9.17, 15) is 0 Å². The van der Waals surface area contributed by atoms with Crippen molar-refractivity contribution in [1.82, 2.24) is 0 Å². The highest BCUT2D eigenvalue weighted by Crippen LogP contribution is 2.41. The molecule has 0 fully saturated rings. The number of allylic oxidation sites excluding steroid dienone is 4. The number of fused-ring (bicyclic) bond motifs is 3. The number of hydrogen-bond acceptors (Lipinski definition) is 0. The van der Waals surface area contributed by atoms with Gasteiger partial charge in [0.2, 0.25) is 0 Å². The van der Waals surface area contributed by atoms with E-state index in [0.29, 0.717) is 0 Å². The van der Waals surface area contributed by atoms with Gasteiger partial charge in [0.25, 0.3) is 0 Å². The molecule has 0 aromatic heterocycles. The first-order valence-electron chi connectivity index (χ1n) is 17.0. The summed E-state index contributed by atoms with van der Waals surface area (Å²) in [7, 11) is 0. The summed E-state index contributed by atoms with van der Waals surface area (Å²) in [5.74, 6) is 0. The summed E-state index contributed by atoms with van der Waals surface area (Å²) in [5, 5.41) is 2.54. The quantitative estimate of drug-likeness (QED) is 0.187. The van der Waals surface area contributed by atoms with Crippen molar-refractivity contribution in [3.63, 3.8) is 0 Å². The minimum atomic E-state index is -0.148. The van der Waals surface area contributed by atoms with Crippen molar-refractivity contribution >= 4 is 22.8 Å².